The topological polar surface area (TPSA) is 62.0 Å². The van der Waals surface area contributed by atoms with Gasteiger partial charge in [0.15, 0.2) is 0 Å². The van der Waals surface area contributed by atoms with E-state index in [9.17, 15) is 8.42 Å². The van der Waals surface area contributed by atoms with E-state index in [1.54, 1.807) is 12.1 Å². The predicted octanol–water partition coefficient (Wildman–Crippen LogP) is 3.95. The molecular formula is C15H12Cl2N2O2S. The van der Waals surface area contributed by atoms with Crippen molar-refractivity contribution in [2.75, 3.05) is 0 Å². The van der Waals surface area contributed by atoms with Gasteiger partial charge in [0.05, 0.1) is 10.0 Å². The summed E-state index contributed by atoms with van der Waals surface area (Å²) in [6.07, 6.45) is 1.82. The molecule has 3 aromatic rings. The molecule has 0 atom stereocenters. The molecule has 2 aromatic carbocycles. The van der Waals surface area contributed by atoms with Crippen LogP contribution in [-0.2, 0) is 16.6 Å². The highest BCUT2D eigenvalue weighted by Crippen LogP contribution is 2.29. The number of rotatable bonds is 4. The lowest BCUT2D eigenvalue weighted by molar-refractivity contribution is 0.581. The molecule has 0 spiro atoms. The van der Waals surface area contributed by atoms with Crippen LogP contribution < -0.4 is 4.72 Å². The zero-order valence-electron chi connectivity index (χ0n) is 11.3. The Labute approximate surface area is 138 Å². The standard InChI is InChI=1S/C15H12Cl2N2O2S/c16-12-4-2-6-14(15(12)17)22(20,21)19-9-10-3-1-5-13-11(10)7-8-18-13/h1-8,18-19H,9H2. The average molecular weight is 355 g/mol. The average Bonchev–Trinajstić information content (AvgIpc) is 2.97. The monoisotopic (exact) mass is 354 g/mol. The van der Waals surface area contributed by atoms with Gasteiger partial charge in [0.1, 0.15) is 4.90 Å². The minimum Gasteiger partial charge on any atom is -0.361 e. The van der Waals surface area contributed by atoms with Crippen molar-refractivity contribution < 1.29 is 8.42 Å². The molecule has 0 unspecified atom stereocenters. The molecule has 0 aliphatic carbocycles. The Kier molecular flexibility index (Phi) is 4.14. The van der Waals surface area contributed by atoms with Gasteiger partial charge in [-0.1, -0.05) is 41.4 Å². The molecule has 3 rings (SSSR count). The fraction of sp³-hybridized carbons (Fsp3) is 0.0667. The molecule has 0 fully saturated rings. The minimum absolute atomic E-state index is 0.0246. The van der Waals surface area contributed by atoms with Crippen molar-refractivity contribution >= 4 is 44.1 Å². The Morgan fingerprint density at radius 1 is 1.05 bits per heavy atom. The first kappa shape index (κ1) is 15.4. The first-order valence-electron chi connectivity index (χ1n) is 6.48. The number of benzene rings is 2. The lowest BCUT2D eigenvalue weighted by Crippen LogP contribution is -2.23. The molecule has 4 nitrogen and oxygen atoms in total. The van der Waals surface area contributed by atoms with Crippen LogP contribution in [0.5, 0.6) is 0 Å². The molecule has 22 heavy (non-hydrogen) atoms. The number of aromatic amines is 1. The molecule has 0 radical (unpaired) electrons. The largest absolute Gasteiger partial charge is 0.361 e. The summed E-state index contributed by atoms with van der Waals surface area (Å²) in [7, 11) is -3.74. The third kappa shape index (κ3) is 2.85. The van der Waals surface area contributed by atoms with Gasteiger partial charge in [-0.15, -0.1) is 0 Å². The Hall–Kier alpha value is -1.53. The molecule has 0 aliphatic heterocycles. The van der Waals surface area contributed by atoms with Gasteiger partial charge in [0, 0.05) is 23.6 Å². The van der Waals surface area contributed by atoms with Gasteiger partial charge in [0.25, 0.3) is 0 Å². The zero-order chi connectivity index (χ0) is 15.7. The SMILES string of the molecule is O=S(=O)(NCc1cccc2[nH]ccc12)c1cccc(Cl)c1Cl. The van der Waals surface area contributed by atoms with E-state index in [2.05, 4.69) is 9.71 Å². The summed E-state index contributed by atoms with van der Waals surface area (Å²) in [6.45, 7) is 0.167. The van der Waals surface area contributed by atoms with E-state index >= 15 is 0 Å². The first-order valence-corrected chi connectivity index (χ1v) is 8.71. The number of hydrogen-bond donors (Lipinski definition) is 2. The van der Waals surface area contributed by atoms with Crippen molar-refractivity contribution in [3.63, 3.8) is 0 Å². The minimum atomic E-state index is -3.74. The summed E-state index contributed by atoms with van der Waals surface area (Å²) >= 11 is 11.9. The summed E-state index contributed by atoms with van der Waals surface area (Å²) in [5.74, 6) is 0. The lowest BCUT2D eigenvalue weighted by atomic mass is 10.1. The molecule has 0 saturated carbocycles. The Morgan fingerprint density at radius 3 is 2.64 bits per heavy atom. The molecule has 1 aromatic heterocycles. The summed E-state index contributed by atoms with van der Waals surface area (Å²) in [5, 5.41) is 1.20. The van der Waals surface area contributed by atoms with Crippen LogP contribution in [0.4, 0.5) is 0 Å². The number of fused-ring (bicyclic) bond motifs is 1. The van der Waals surface area contributed by atoms with Crippen molar-refractivity contribution in [3.8, 4) is 0 Å². The molecule has 114 valence electrons. The number of nitrogens with one attached hydrogen (secondary N) is 2. The molecule has 2 N–H and O–H groups in total. The second-order valence-corrected chi connectivity index (χ2v) is 7.25. The molecule has 0 amide bonds. The van der Waals surface area contributed by atoms with E-state index in [0.717, 1.165) is 16.5 Å². The van der Waals surface area contributed by atoms with Crippen LogP contribution in [-0.4, -0.2) is 13.4 Å². The maximum atomic E-state index is 12.4. The fourth-order valence-electron chi connectivity index (χ4n) is 2.25. The maximum absolute atomic E-state index is 12.4. The van der Waals surface area contributed by atoms with Gasteiger partial charge in [0.2, 0.25) is 10.0 Å². The van der Waals surface area contributed by atoms with E-state index < -0.39 is 10.0 Å². The number of H-pyrrole nitrogens is 1. The highest BCUT2D eigenvalue weighted by molar-refractivity contribution is 7.89. The first-order chi connectivity index (χ1) is 10.5. The number of halogens is 2. The van der Waals surface area contributed by atoms with Crippen molar-refractivity contribution in [1.29, 1.82) is 0 Å². The summed E-state index contributed by atoms with van der Waals surface area (Å²) in [5.41, 5.74) is 1.83. The Bertz CT molecular complexity index is 936. The van der Waals surface area contributed by atoms with Gasteiger partial charge < -0.3 is 4.98 Å². The van der Waals surface area contributed by atoms with Crippen molar-refractivity contribution in [2.45, 2.75) is 11.4 Å². The number of hydrogen-bond acceptors (Lipinski definition) is 2. The smallest absolute Gasteiger partial charge is 0.242 e. The molecule has 0 aliphatic rings. The van der Waals surface area contributed by atoms with E-state index in [-0.39, 0.29) is 21.5 Å². The second kappa shape index (κ2) is 5.93. The lowest BCUT2D eigenvalue weighted by Gasteiger charge is -2.10. The fourth-order valence-corrected chi connectivity index (χ4v) is 4.01. The van der Waals surface area contributed by atoms with Crippen molar-refractivity contribution in [2.24, 2.45) is 0 Å². The van der Waals surface area contributed by atoms with Gasteiger partial charge in [-0.05, 0) is 29.8 Å². The van der Waals surface area contributed by atoms with Crippen LogP contribution in [0, 0.1) is 0 Å². The highest BCUT2D eigenvalue weighted by atomic mass is 35.5. The van der Waals surface area contributed by atoms with Crippen molar-refractivity contribution in [1.82, 2.24) is 9.71 Å². The second-order valence-electron chi connectivity index (χ2n) is 4.73. The normalized spacial score (nSPS) is 11.9. The van der Waals surface area contributed by atoms with Crippen LogP contribution in [0.3, 0.4) is 0 Å². The van der Waals surface area contributed by atoms with E-state index in [0.29, 0.717) is 0 Å². The molecule has 0 saturated heterocycles. The molecular weight excluding hydrogens is 343 g/mol. The summed E-state index contributed by atoms with van der Waals surface area (Å²) < 4.78 is 27.3. The van der Waals surface area contributed by atoms with Gasteiger partial charge in [-0.25, -0.2) is 13.1 Å². The third-order valence-electron chi connectivity index (χ3n) is 3.34. The quantitative estimate of drug-likeness (QED) is 0.744. The van der Waals surface area contributed by atoms with E-state index in [1.807, 2.05) is 30.5 Å². The van der Waals surface area contributed by atoms with Crippen molar-refractivity contribution in [3.05, 3.63) is 64.3 Å². The van der Waals surface area contributed by atoms with Gasteiger partial charge >= 0.3 is 0 Å². The van der Waals surface area contributed by atoms with E-state index in [4.69, 9.17) is 23.2 Å². The summed E-state index contributed by atoms with van der Waals surface area (Å²) in [6, 6.07) is 12.1. The molecule has 7 heteroatoms. The predicted molar refractivity (Wildman–Crippen MR) is 88.8 cm³/mol. The van der Waals surface area contributed by atoms with Crippen LogP contribution in [0.15, 0.2) is 53.6 Å². The molecule has 1 heterocycles. The number of sulfonamides is 1. The zero-order valence-corrected chi connectivity index (χ0v) is 13.6. The van der Waals surface area contributed by atoms with Crippen LogP contribution >= 0.6 is 23.2 Å². The summed E-state index contributed by atoms with van der Waals surface area (Å²) in [4.78, 5) is 3.06. The van der Waals surface area contributed by atoms with Crippen LogP contribution in [0.1, 0.15) is 5.56 Å². The maximum Gasteiger partial charge on any atom is 0.242 e. The van der Waals surface area contributed by atoms with E-state index in [1.165, 1.54) is 6.07 Å². The van der Waals surface area contributed by atoms with Gasteiger partial charge in [-0.2, -0.15) is 0 Å². The highest BCUT2D eigenvalue weighted by Gasteiger charge is 2.19. The Balaban J connectivity index is 1.89. The van der Waals surface area contributed by atoms with Gasteiger partial charge in [-0.3, -0.25) is 0 Å². The number of aromatic nitrogens is 1. The van der Waals surface area contributed by atoms with Crippen LogP contribution in [0.2, 0.25) is 10.0 Å². The Morgan fingerprint density at radius 2 is 1.82 bits per heavy atom. The molecule has 0 bridgehead atoms. The van der Waals surface area contributed by atoms with Crippen LogP contribution in [0.25, 0.3) is 10.9 Å². The third-order valence-corrected chi connectivity index (χ3v) is 5.72.